The third-order valence-corrected chi connectivity index (χ3v) is 8.91. The van der Waals surface area contributed by atoms with Crippen molar-refractivity contribution in [1.82, 2.24) is 14.5 Å². The Morgan fingerprint density at radius 3 is 2.16 bits per heavy atom. The van der Waals surface area contributed by atoms with Gasteiger partial charge < -0.3 is 10.2 Å². The van der Waals surface area contributed by atoms with Crippen molar-refractivity contribution in [3.05, 3.63) is 52.4 Å². The summed E-state index contributed by atoms with van der Waals surface area (Å²) < 4.78 is 27.2. The molecule has 174 valence electrons. The molecule has 0 saturated carbocycles. The molecule has 0 spiro atoms. The maximum atomic E-state index is 12.7. The number of aryl methyl sites for hydroxylation is 1. The highest BCUT2D eigenvalue weighted by atomic mass is 32.2. The van der Waals surface area contributed by atoms with Gasteiger partial charge in [-0.25, -0.2) is 8.42 Å². The Kier molecular flexibility index (Phi) is 7.42. The highest BCUT2D eigenvalue weighted by Crippen LogP contribution is 2.25. The molecule has 1 fully saturated rings. The summed E-state index contributed by atoms with van der Waals surface area (Å²) in [5, 5.41) is 2.79. The first-order chi connectivity index (χ1) is 15.0. The lowest BCUT2D eigenvalue weighted by atomic mass is 9.87. The molecule has 32 heavy (non-hydrogen) atoms. The van der Waals surface area contributed by atoms with Gasteiger partial charge >= 0.3 is 0 Å². The van der Waals surface area contributed by atoms with Crippen molar-refractivity contribution < 1.29 is 18.0 Å². The minimum absolute atomic E-state index is 0.0213. The van der Waals surface area contributed by atoms with Gasteiger partial charge in [0.2, 0.25) is 5.91 Å². The topological polar surface area (TPSA) is 86.8 Å². The van der Waals surface area contributed by atoms with Gasteiger partial charge in [0.05, 0.1) is 0 Å². The van der Waals surface area contributed by atoms with Crippen LogP contribution in [0, 0.1) is 6.92 Å². The van der Waals surface area contributed by atoms with Crippen LogP contribution in [0.1, 0.15) is 48.0 Å². The number of hydrogen-bond donors (Lipinski definition) is 1. The maximum Gasteiger partial charge on any atom is 0.252 e. The Balaban J connectivity index is 1.45. The van der Waals surface area contributed by atoms with E-state index < -0.39 is 10.0 Å². The molecule has 9 heteroatoms. The fourth-order valence-corrected chi connectivity index (χ4v) is 6.38. The van der Waals surface area contributed by atoms with E-state index in [4.69, 9.17) is 0 Å². The van der Waals surface area contributed by atoms with Gasteiger partial charge in [0.1, 0.15) is 4.21 Å². The van der Waals surface area contributed by atoms with E-state index in [0.29, 0.717) is 22.9 Å². The van der Waals surface area contributed by atoms with Crippen LogP contribution in [0.5, 0.6) is 0 Å². The van der Waals surface area contributed by atoms with E-state index in [2.05, 4.69) is 26.1 Å². The molecule has 2 heterocycles. The lowest BCUT2D eigenvalue weighted by Crippen LogP contribution is -2.50. The summed E-state index contributed by atoms with van der Waals surface area (Å²) in [5.41, 5.74) is 1.74. The molecule has 1 aromatic carbocycles. The predicted molar refractivity (Wildman–Crippen MR) is 126 cm³/mol. The van der Waals surface area contributed by atoms with Crippen LogP contribution in [0.2, 0.25) is 0 Å². The molecule has 1 aliphatic heterocycles. The number of benzene rings is 1. The van der Waals surface area contributed by atoms with Crippen molar-refractivity contribution in [3.8, 4) is 0 Å². The minimum atomic E-state index is -3.50. The molecule has 7 nitrogen and oxygen atoms in total. The number of nitrogens with one attached hydrogen (secondary N) is 1. The molecule has 2 amide bonds. The number of rotatable bonds is 6. The zero-order chi connectivity index (χ0) is 23.5. The summed E-state index contributed by atoms with van der Waals surface area (Å²) in [6.07, 6.45) is 0.183. The fourth-order valence-electron chi connectivity index (χ4n) is 3.52. The number of nitrogens with zero attached hydrogens (tertiary/aromatic N) is 2. The maximum absolute atomic E-state index is 12.7. The van der Waals surface area contributed by atoms with Crippen molar-refractivity contribution in [2.45, 2.75) is 43.7 Å². The SMILES string of the molecule is Cc1ccc(S(=O)(=O)N2CCN(C(=O)CCNC(=O)c3ccc(C(C)(C)C)cc3)CC2)s1. The monoisotopic (exact) mass is 477 g/mol. The van der Waals surface area contributed by atoms with Crippen molar-refractivity contribution in [1.29, 1.82) is 0 Å². The normalized spacial score (nSPS) is 15.6. The predicted octanol–water partition coefficient (Wildman–Crippen LogP) is 3.01. The summed E-state index contributed by atoms with van der Waals surface area (Å²) in [4.78, 5) is 27.5. The van der Waals surface area contributed by atoms with Crippen molar-refractivity contribution in [3.63, 3.8) is 0 Å². The third kappa shape index (κ3) is 5.76. The van der Waals surface area contributed by atoms with E-state index in [1.165, 1.54) is 15.6 Å². The van der Waals surface area contributed by atoms with Crippen LogP contribution in [0.15, 0.2) is 40.6 Å². The van der Waals surface area contributed by atoms with E-state index in [-0.39, 0.29) is 43.3 Å². The molecule has 1 N–H and O–H groups in total. The molecule has 0 aliphatic carbocycles. The van der Waals surface area contributed by atoms with E-state index >= 15 is 0 Å². The molecule has 0 atom stereocenters. The van der Waals surface area contributed by atoms with Crippen LogP contribution in [0.4, 0.5) is 0 Å². The molecule has 1 aromatic heterocycles. The molecule has 2 aromatic rings. The van der Waals surface area contributed by atoms with E-state index in [1.807, 2.05) is 19.1 Å². The number of piperazine rings is 1. The minimum Gasteiger partial charge on any atom is -0.352 e. The third-order valence-electron chi connectivity index (χ3n) is 5.54. The molecule has 1 saturated heterocycles. The van der Waals surface area contributed by atoms with Crippen molar-refractivity contribution in [2.24, 2.45) is 0 Å². The Morgan fingerprint density at radius 2 is 1.62 bits per heavy atom. The fraction of sp³-hybridized carbons (Fsp3) is 0.478. The molecule has 0 unspecified atom stereocenters. The van der Waals surface area contributed by atoms with Gasteiger partial charge in [-0.05, 0) is 42.2 Å². The number of hydrogen-bond acceptors (Lipinski definition) is 5. The Labute approximate surface area is 194 Å². The summed E-state index contributed by atoms with van der Waals surface area (Å²) in [6, 6.07) is 10.9. The quantitative estimate of drug-likeness (QED) is 0.693. The van der Waals surface area contributed by atoms with Crippen LogP contribution in [0.25, 0.3) is 0 Å². The van der Waals surface area contributed by atoms with Crippen LogP contribution in [-0.2, 0) is 20.2 Å². The number of thiophene rings is 1. The van der Waals surface area contributed by atoms with Crippen LogP contribution in [-0.4, -0.2) is 62.2 Å². The van der Waals surface area contributed by atoms with Crippen molar-refractivity contribution >= 4 is 33.2 Å². The van der Waals surface area contributed by atoms with Gasteiger partial charge in [0.25, 0.3) is 15.9 Å². The van der Waals surface area contributed by atoms with Crippen LogP contribution >= 0.6 is 11.3 Å². The standard InChI is InChI=1S/C23H31N3O4S2/c1-17-5-10-21(31-17)32(29,30)26-15-13-25(14-16-26)20(27)11-12-24-22(28)18-6-8-19(9-7-18)23(2,3)4/h5-10H,11-16H2,1-4H3,(H,24,28). The second kappa shape index (κ2) is 9.72. The first-order valence-electron chi connectivity index (χ1n) is 10.7. The molecule has 3 rings (SSSR count). The first kappa shape index (κ1) is 24.4. The first-order valence-corrected chi connectivity index (χ1v) is 13.0. The number of carbonyl (C=O) groups excluding carboxylic acids is 2. The van der Waals surface area contributed by atoms with Gasteiger partial charge in [0.15, 0.2) is 0 Å². The summed E-state index contributed by atoms with van der Waals surface area (Å²) in [6.45, 7) is 9.72. The Morgan fingerprint density at radius 1 is 1.00 bits per heavy atom. The van der Waals surface area contributed by atoms with Crippen LogP contribution < -0.4 is 5.32 Å². The van der Waals surface area contributed by atoms with Gasteiger partial charge in [0, 0.05) is 49.6 Å². The van der Waals surface area contributed by atoms with E-state index in [1.54, 1.807) is 29.2 Å². The lowest BCUT2D eigenvalue weighted by Gasteiger charge is -2.33. The summed E-state index contributed by atoms with van der Waals surface area (Å²) in [7, 11) is -3.50. The molecule has 0 bridgehead atoms. The van der Waals surface area contributed by atoms with E-state index in [9.17, 15) is 18.0 Å². The Hall–Kier alpha value is -2.23. The second-order valence-corrected chi connectivity index (χ2v) is 12.4. The average Bonchev–Trinajstić information content (AvgIpc) is 3.20. The highest BCUT2D eigenvalue weighted by Gasteiger charge is 2.30. The molecule has 1 aliphatic rings. The smallest absolute Gasteiger partial charge is 0.252 e. The van der Waals surface area contributed by atoms with Gasteiger partial charge in [-0.2, -0.15) is 4.31 Å². The van der Waals surface area contributed by atoms with Gasteiger partial charge in [-0.1, -0.05) is 32.9 Å². The van der Waals surface area contributed by atoms with Crippen molar-refractivity contribution in [2.75, 3.05) is 32.7 Å². The van der Waals surface area contributed by atoms with Gasteiger partial charge in [-0.3, -0.25) is 9.59 Å². The number of amides is 2. The largest absolute Gasteiger partial charge is 0.352 e. The number of sulfonamides is 1. The highest BCUT2D eigenvalue weighted by molar-refractivity contribution is 7.91. The molecular weight excluding hydrogens is 446 g/mol. The molecule has 0 radical (unpaired) electrons. The lowest BCUT2D eigenvalue weighted by molar-refractivity contribution is -0.132. The average molecular weight is 478 g/mol. The number of carbonyl (C=O) groups is 2. The Bertz CT molecular complexity index is 1060. The second-order valence-electron chi connectivity index (χ2n) is 8.98. The summed E-state index contributed by atoms with van der Waals surface area (Å²) in [5.74, 6) is -0.294. The summed E-state index contributed by atoms with van der Waals surface area (Å²) >= 11 is 1.26. The van der Waals surface area contributed by atoms with Crippen LogP contribution in [0.3, 0.4) is 0 Å². The zero-order valence-corrected chi connectivity index (χ0v) is 20.7. The van der Waals surface area contributed by atoms with E-state index in [0.717, 1.165) is 10.4 Å². The zero-order valence-electron chi connectivity index (χ0n) is 19.1. The molecular formula is C23H31N3O4S2. The van der Waals surface area contributed by atoms with Gasteiger partial charge in [-0.15, -0.1) is 11.3 Å².